The molecular weight excluding hydrogens is 592 g/mol. The third-order valence-electron chi connectivity index (χ3n) is 9.68. The first-order chi connectivity index (χ1) is 22.2. The van der Waals surface area contributed by atoms with Gasteiger partial charge in [0.2, 0.25) is 30.0 Å². The molecule has 0 unspecified atom stereocenters. The number of nitrogens with zero attached hydrogens (tertiary/aromatic N) is 1. The minimum absolute atomic E-state index is 0.0716. The Bertz CT molecular complexity index is 1710. The number of ketones is 1. The number of fused-ring (bicyclic) bond motifs is 4. The van der Waals surface area contributed by atoms with E-state index in [0.29, 0.717) is 42.0 Å². The van der Waals surface area contributed by atoms with Crippen LogP contribution in [0.1, 0.15) is 49.3 Å². The molecule has 1 saturated carbocycles. The molecule has 2 fully saturated rings. The van der Waals surface area contributed by atoms with Gasteiger partial charge >= 0.3 is 0 Å². The monoisotopic (exact) mass is 628 g/mol. The molecule has 5 atom stereocenters. The lowest BCUT2D eigenvalue weighted by atomic mass is 9.70. The fourth-order valence-corrected chi connectivity index (χ4v) is 7.56. The van der Waals surface area contributed by atoms with Crippen molar-refractivity contribution in [1.82, 2.24) is 10.2 Å². The predicted octanol–water partition coefficient (Wildman–Crippen LogP) is 3.61. The summed E-state index contributed by atoms with van der Waals surface area (Å²) in [5.41, 5.74) is -3.07. The number of carbonyl (C=O) groups excluding carboxylic acids is 3. The van der Waals surface area contributed by atoms with Gasteiger partial charge in [-0.1, -0.05) is 56.3 Å². The lowest BCUT2D eigenvalue weighted by molar-refractivity contribution is -0.153. The molecule has 3 aliphatic heterocycles. The van der Waals surface area contributed by atoms with Crippen LogP contribution in [-0.4, -0.2) is 61.3 Å². The summed E-state index contributed by atoms with van der Waals surface area (Å²) in [6.07, 6.45) is 0.609. The molecule has 2 amide bonds. The van der Waals surface area contributed by atoms with Crippen molar-refractivity contribution in [3.63, 3.8) is 0 Å². The number of methoxy groups -OCH3 is 2. The maximum absolute atomic E-state index is 15.1. The maximum atomic E-state index is 15.1. The Morgan fingerprint density at radius 3 is 2.43 bits per heavy atom. The summed E-state index contributed by atoms with van der Waals surface area (Å²) in [5.74, 6) is -2.66. The zero-order chi connectivity index (χ0) is 32.4. The summed E-state index contributed by atoms with van der Waals surface area (Å²) in [4.78, 5) is 44.2. The average Bonchev–Trinajstić information content (AvgIpc) is 3.83. The Balaban J connectivity index is 1.47. The Labute approximate surface area is 266 Å². The molecule has 2 N–H and O–H groups in total. The Morgan fingerprint density at radius 1 is 1.02 bits per heavy atom. The molecule has 240 valence electrons. The van der Waals surface area contributed by atoms with Crippen LogP contribution in [0.4, 0.5) is 0 Å². The second-order valence-electron chi connectivity index (χ2n) is 12.4. The number of aliphatic hydroxyl groups is 1. The van der Waals surface area contributed by atoms with Crippen LogP contribution in [0.3, 0.4) is 0 Å². The third-order valence-corrected chi connectivity index (χ3v) is 9.68. The second-order valence-corrected chi connectivity index (χ2v) is 12.4. The topological polar surface area (TPSA) is 133 Å². The standard InChI is InChI=1S/C35H36N2O9/c1-19(2)32(39)36-25-11-8-16-37(25)33(40)26-27(20-9-6-5-7-10-20)35(21-12-14-22(42-3)15-13-21)34(41,31(26)38)28-23(46-35)17-24-29(30(28)43-4)45-18-44-24/h5-7,9-10,12-15,17,19,25-27,41H,8,11,16,18H2,1-4H3,(H,36,39)/t25-,26-,27-,34+,35+/m1/s1. The van der Waals surface area contributed by atoms with Crippen molar-refractivity contribution in [2.45, 2.75) is 50.0 Å². The number of Topliss-reactive ketones (excluding diaryl/α,β-unsaturated/α-hetero) is 1. The van der Waals surface area contributed by atoms with Crippen LogP contribution in [0, 0.1) is 11.8 Å². The van der Waals surface area contributed by atoms with E-state index >= 15 is 4.79 Å². The predicted molar refractivity (Wildman–Crippen MR) is 164 cm³/mol. The lowest BCUT2D eigenvalue weighted by Gasteiger charge is -2.40. The molecule has 3 aromatic carbocycles. The van der Waals surface area contributed by atoms with Gasteiger partial charge in [0.05, 0.1) is 25.7 Å². The molecule has 0 spiro atoms. The fourth-order valence-electron chi connectivity index (χ4n) is 7.56. The summed E-state index contributed by atoms with van der Waals surface area (Å²) in [7, 11) is 2.96. The van der Waals surface area contributed by atoms with Crippen LogP contribution in [0.25, 0.3) is 0 Å². The van der Waals surface area contributed by atoms with E-state index in [4.69, 9.17) is 23.7 Å². The third kappa shape index (κ3) is 4.03. The van der Waals surface area contributed by atoms with Gasteiger partial charge in [0.15, 0.2) is 22.9 Å². The number of amides is 2. The molecule has 3 heterocycles. The fraction of sp³-hybridized carbons (Fsp3) is 0.400. The maximum Gasteiger partial charge on any atom is 0.235 e. The number of benzene rings is 3. The number of rotatable bonds is 7. The van der Waals surface area contributed by atoms with Gasteiger partial charge in [0.1, 0.15) is 23.6 Å². The van der Waals surface area contributed by atoms with Crippen molar-refractivity contribution >= 4 is 17.6 Å². The van der Waals surface area contributed by atoms with Gasteiger partial charge in [0.25, 0.3) is 0 Å². The normalized spacial score (nSPS) is 27.3. The second kappa shape index (κ2) is 10.9. The van der Waals surface area contributed by atoms with Gasteiger partial charge < -0.3 is 39.0 Å². The molecule has 46 heavy (non-hydrogen) atoms. The van der Waals surface area contributed by atoms with Crippen molar-refractivity contribution in [2.75, 3.05) is 27.6 Å². The number of hydrogen-bond acceptors (Lipinski definition) is 9. The van der Waals surface area contributed by atoms with E-state index in [1.165, 1.54) is 7.11 Å². The quantitative estimate of drug-likeness (QED) is 0.377. The zero-order valence-corrected chi connectivity index (χ0v) is 26.1. The molecule has 1 aliphatic carbocycles. The Morgan fingerprint density at radius 2 is 1.76 bits per heavy atom. The summed E-state index contributed by atoms with van der Waals surface area (Å²) in [6, 6.07) is 17.6. The SMILES string of the molecule is COc1ccc([C@@]23Oc4cc5c(c(OC)c4[C@]2(O)C(=O)[C@H](C(=O)N2CCC[C@@H]2NC(=O)C(C)C)[C@H]3c2ccccc2)OCO5)cc1. The first kappa shape index (κ1) is 29.9. The van der Waals surface area contributed by atoms with Gasteiger partial charge in [-0.15, -0.1) is 0 Å². The highest BCUT2D eigenvalue weighted by Gasteiger charge is 2.79. The Hall–Kier alpha value is -4.77. The first-order valence-corrected chi connectivity index (χ1v) is 15.4. The molecular formula is C35H36N2O9. The van der Waals surface area contributed by atoms with Gasteiger partial charge in [-0.25, -0.2) is 0 Å². The van der Waals surface area contributed by atoms with Gasteiger partial charge in [0, 0.05) is 24.1 Å². The summed E-state index contributed by atoms with van der Waals surface area (Å²) in [6.45, 7) is 3.84. The van der Waals surface area contributed by atoms with Crippen molar-refractivity contribution in [2.24, 2.45) is 11.8 Å². The number of likely N-dealkylation sites (tertiary alicyclic amines) is 1. The van der Waals surface area contributed by atoms with Crippen LogP contribution in [-0.2, 0) is 25.6 Å². The van der Waals surface area contributed by atoms with E-state index in [2.05, 4.69) is 5.32 Å². The molecule has 1 saturated heterocycles. The number of hydrogen-bond donors (Lipinski definition) is 2. The highest BCUT2D eigenvalue weighted by molar-refractivity contribution is 6.11. The van der Waals surface area contributed by atoms with E-state index in [9.17, 15) is 14.7 Å². The number of ether oxygens (including phenoxy) is 5. The molecule has 11 heteroatoms. The molecule has 0 bridgehead atoms. The Kier molecular flexibility index (Phi) is 7.11. The van der Waals surface area contributed by atoms with Gasteiger partial charge in [-0.2, -0.15) is 0 Å². The molecule has 7 rings (SSSR count). The first-order valence-electron chi connectivity index (χ1n) is 15.4. The van der Waals surface area contributed by atoms with Crippen molar-refractivity contribution in [3.8, 4) is 28.7 Å². The van der Waals surface area contributed by atoms with Crippen LogP contribution < -0.4 is 29.0 Å². The largest absolute Gasteiger partial charge is 0.497 e. The van der Waals surface area contributed by atoms with Gasteiger partial charge in [-0.05, 0) is 30.5 Å². The minimum atomic E-state index is -2.40. The van der Waals surface area contributed by atoms with Crippen molar-refractivity contribution < 1.29 is 43.2 Å². The van der Waals surface area contributed by atoms with E-state index in [0.717, 1.165) is 0 Å². The van der Waals surface area contributed by atoms with Crippen molar-refractivity contribution in [3.05, 3.63) is 77.4 Å². The van der Waals surface area contributed by atoms with E-state index < -0.39 is 40.9 Å². The lowest BCUT2D eigenvalue weighted by Crippen LogP contribution is -2.51. The van der Waals surface area contributed by atoms with Crippen LogP contribution in [0.15, 0.2) is 60.7 Å². The summed E-state index contributed by atoms with van der Waals surface area (Å²) in [5, 5.41) is 16.2. The van der Waals surface area contributed by atoms with E-state index in [1.807, 2.05) is 30.3 Å². The van der Waals surface area contributed by atoms with Crippen LogP contribution in [0.5, 0.6) is 28.7 Å². The van der Waals surface area contributed by atoms with Crippen LogP contribution in [0.2, 0.25) is 0 Å². The van der Waals surface area contributed by atoms with E-state index in [-0.39, 0.29) is 41.4 Å². The molecule has 3 aromatic rings. The van der Waals surface area contributed by atoms with Crippen LogP contribution >= 0.6 is 0 Å². The van der Waals surface area contributed by atoms with Crippen molar-refractivity contribution in [1.29, 1.82) is 0 Å². The average molecular weight is 629 g/mol. The molecule has 0 radical (unpaired) electrons. The smallest absolute Gasteiger partial charge is 0.235 e. The molecule has 4 aliphatic rings. The number of nitrogens with one attached hydrogen (secondary N) is 1. The summed E-state index contributed by atoms with van der Waals surface area (Å²) < 4.78 is 29.5. The molecule has 0 aromatic heterocycles. The highest BCUT2D eigenvalue weighted by Crippen LogP contribution is 2.70. The minimum Gasteiger partial charge on any atom is -0.497 e. The van der Waals surface area contributed by atoms with E-state index in [1.54, 1.807) is 56.2 Å². The number of carbonyl (C=O) groups is 3. The highest BCUT2D eigenvalue weighted by atomic mass is 16.7. The molecule has 11 nitrogen and oxygen atoms in total. The summed E-state index contributed by atoms with van der Waals surface area (Å²) >= 11 is 0. The van der Waals surface area contributed by atoms with Gasteiger partial charge in [-0.3, -0.25) is 14.4 Å². The zero-order valence-electron chi connectivity index (χ0n) is 26.1.